The molecule has 4 rings (SSSR count). The topological polar surface area (TPSA) is 59.2 Å². The number of aryl methyl sites for hydroxylation is 3. The van der Waals surface area contributed by atoms with Crippen molar-refractivity contribution in [2.45, 2.75) is 64.2 Å². The van der Waals surface area contributed by atoms with Crippen molar-refractivity contribution >= 4 is 5.91 Å². The minimum atomic E-state index is 0.243. The van der Waals surface area contributed by atoms with E-state index in [-0.39, 0.29) is 5.91 Å². The second-order valence-electron chi connectivity index (χ2n) is 8.36. The Kier molecular flexibility index (Phi) is 6.40. The Morgan fingerprint density at radius 1 is 0.964 bits per heavy atom. The number of benzene rings is 1. The fraction of sp³-hybridized carbons (Fsp3) is 0.609. The van der Waals surface area contributed by atoms with Gasteiger partial charge in [-0.2, -0.15) is 0 Å². The van der Waals surface area contributed by atoms with Crippen molar-refractivity contribution in [3.8, 4) is 0 Å². The van der Waals surface area contributed by atoms with Crippen molar-refractivity contribution in [2.75, 3.05) is 13.1 Å². The second-order valence-corrected chi connectivity index (χ2v) is 8.36. The van der Waals surface area contributed by atoms with Gasteiger partial charge in [0.25, 0.3) is 0 Å². The van der Waals surface area contributed by atoms with Crippen LogP contribution < -0.4 is 0 Å². The van der Waals surface area contributed by atoms with Crippen LogP contribution in [0.3, 0.4) is 0 Å². The lowest BCUT2D eigenvalue weighted by molar-refractivity contribution is -0.134. The molecule has 2 heterocycles. The maximum absolute atomic E-state index is 12.6. The summed E-state index contributed by atoms with van der Waals surface area (Å²) in [5, 5.41) is 8.29. The van der Waals surface area contributed by atoms with Crippen LogP contribution in [0.15, 0.2) is 34.7 Å². The Morgan fingerprint density at radius 3 is 2.54 bits per heavy atom. The zero-order chi connectivity index (χ0) is 19.2. The van der Waals surface area contributed by atoms with Crippen molar-refractivity contribution < 1.29 is 9.21 Å². The van der Waals surface area contributed by atoms with Crippen LogP contribution in [0.25, 0.3) is 0 Å². The quantitative estimate of drug-likeness (QED) is 0.721. The molecule has 1 aliphatic heterocycles. The molecule has 2 aliphatic rings. The normalized spacial score (nSPS) is 22.1. The van der Waals surface area contributed by atoms with E-state index in [9.17, 15) is 4.79 Å². The van der Waals surface area contributed by atoms with Crippen LogP contribution in [0.5, 0.6) is 0 Å². The van der Waals surface area contributed by atoms with Gasteiger partial charge in [0.05, 0.1) is 0 Å². The highest BCUT2D eigenvalue weighted by Crippen LogP contribution is 2.36. The minimum Gasteiger partial charge on any atom is -0.425 e. The predicted molar refractivity (Wildman–Crippen MR) is 108 cm³/mol. The van der Waals surface area contributed by atoms with Crippen LogP contribution in [0.1, 0.15) is 62.3 Å². The molecule has 2 aromatic rings. The Labute approximate surface area is 167 Å². The molecule has 1 saturated heterocycles. The van der Waals surface area contributed by atoms with Crippen LogP contribution in [-0.2, 0) is 24.1 Å². The Morgan fingerprint density at radius 2 is 1.71 bits per heavy atom. The second kappa shape index (κ2) is 9.35. The largest absolute Gasteiger partial charge is 0.425 e. The zero-order valence-electron chi connectivity index (χ0n) is 16.7. The Hall–Kier alpha value is -2.17. The third-order valence-corrected chi connectivity index (χ3v) is 6.40. The van der Waals surface area contributed by atoms with E-state index in [1.165, 1.54) is 37.7 Å². The van der Waals surface area contributed by atoms with Gasteiger partial charge in [0.15, 0.2) is 0 Å². The third kappa shape index (κ3) is 5.00. The minimum absolute atomic E-state index is 0.243. The van der Waals surface area contributed by atoms with E-state index >= 15 is 0 Å². The summed E-state index contributed by atoms with van der Waals surface area (Å²) in [4.78, 5) is 14.7. The number of hydrogen-bond donors (Lipinski definition) is 0. The summed E-state index contributed by atoms with van der Waals surface area (Å²) >= 11 is 0. The molecule has 28 heavy (non-hydrogen) atoms. The predicted octanol–water partition coefficient (Wildman–Crippen LogP) is 4.22. The van der Waals surface area contributed by atoms with Crippen LogP contribution >= 0.6 is 0 Å². The van der Waals surface area contributed by atoms with Gasteiger partial charge in [-0.3, -0.25) is 4.79 Å². The number of carbonyl (C=O) groups excluding carboxylic acids is 1. The fourth-order valence-corrected chi connectivity index (χ4v) is 4.78. The number of nitrogens with zero attached hydrogens (tertiary/aromatic N) is 3. The van der Waals surface area contributed by atoms with Crippen LogP contribution in [0.2, 0.25) is 0 Å². The molecule has 5 heteroatoms. The smallest absolute Gasteiger partial charge is 0.223 e. The Bertz CT molecular complexity index is 758. The number of amides is 1. The molecule has 1 amide bonds. The number of rotatable bonds is 7. The van der Waals surface area contributed by atoms with Crippen molar-refractivity contribution in [2.24, 2.45) is 11.8 Å². The molecule has 0 radical (unpaired) electrons. The highest BCUT2D eigenvalue weighted by Gasteiger charge is 2.32. The molecule has 150 valence electrons. The van der Waals surface area contributed by atoms with Crippen LogP contribution in [-0.4, -0.2) is 34.1 Å². The summed E-state index contributed by atoms with van der Waals surface area (Å²) in [6.07, 6.45) is 10.4. The monoisotopic (exact) mass is 381 g/mol. The van der Waals surface area contributed by atoms with Crippen molar-refractivity contribution in [3.63, 3.8) is 0 Å². The fourth-order valence-electron chi connectivity index (χ4n) is 4.78. The van der Waals surface area contributed by atoms with Gasteiger partial charge in [0.2, 0.25) is 17.7 Å². The molecule has 1 saturated carbocycles. The maximum atomic E-state index is 12.6. The van der Waals surface area contributed by atoms with E-state index < -0.39 is 0 Å². The number of piperidine rings is 1. The highest BCUT2D eigenvalue weighted by atomic mass is 16.4. The molecule has 1 aromatic carbocycles. The molecule has 1 aromatic heterocycles. The van der Waals surface area contributed by atoms with Crippen LogP contribution in [0, 0.1) is 11.8 Å². The number of aromatic nitrogens is 2. The first-order chi connectivity index (χ1) is 13.8. The summed E-state index contributed by atoms with van der Waals surface area (Å²) in [5.41, 5.74) is 1.33. The molecule has 5 nitrogen and oxygen atoms in total. The number of fused-ring (bicyclic) bond motifs is 1. The summed E-state index contributed by atoms with van der Waals surface area (Å²) in [6, 6.07) is 10.4. The van der Waals surface area contributed by atoms with Gasteiger partial charge < -0.3 is 9.32 Å². The van der Waals surface area contributed by atoms with Crippen molar-refractivity contribution in [3.05, 3.63) is 47.7 Å². The number of likely N-dealkylation sites (tertiary alicyclic amines) is 1. The summed E-state index contributed by atoms with van der Waals surface area (Å²) in [5.74, 6) is 3.10. The standard InChI is InChI=1S/C23H31N3O2/c27-23(26-16-15-19-10-4-5-11-20(19)17-26)14-13-22-25-24-21(28-22)12-6-9-18-7-2-1-3-8-18/h1-3,7-8,19-20H,4-6,9-17H2/t19-,20-/m0/s1. The van der Waals surface area contributed by atoms with Gasteiger partial charge in [0.1, 0.15) is 0 Å². The molecule has 0 N–H and O–H groups in total. The van der Waals surface area contributed by atoms with Gasteiger partial charge in [-0.1, -0.05) is 49.6 Å². The SMILES string of the molecule is O=C(CCc1nnc(CCCc2ccccc2)o1)N1CC[C@@H]2CCCC[C@H]2C1. The van der Waals surface area contributed by atoms with Gasteiger partial charge in [-0.25, -0.2) is 0 Å². The molecule has 2 atom stereocenters. The summed E-state index contributed by atoms with van der Waals surface area (Å²) in [6.45, 7) is 1.88. The zero-order valence-corrected chi connectivity index (χ0v) is 16.7. The van der Waals surface area contributed by atoms with Crippen LogP contribution in [0.4, 0.5) is 0 Å². The van der Waals surface area contributed by atoms with E-state index in [0.717, 1.165) is 44.2 Å². The summed E-state index contributed by atoms with van der Waals surface area (Å²) < 4.78 is 5.75. The van der Waals surface area contributed by atoms with Crippen molar-refractivity contribution in [1.82, 2.24) is 15.1 Å². The van der Waals surface area contributed by atoms with E-state index in [1.807, 2.05) is 6.07 Å². The van der Waals surface area contributed by atoms with Crippen molar-refractivity contribution in [1.29, 1.82) is 0 Å². The lowest BCUT2D eigenvalue weighted by Gasteiger charge is -2.41. The lowest BCUT2D eigenvalue weighted by Crippen LogP contribution is -2.44. The first kappa shape index (κ1) is 19.2. The Balaban J connectivity index is 1.19. The highest BCUT2D eigenvalue weighted by molar-refractivity contribution is 5.76. The van der Waals surface area contributed by atoms with Gasteiger partial charge in [-0.15, -0.1) is 10.2 Å². The van der Waals surface area contributed by atoms with E-state index in [0.29, 0.717) is 24.6 Å². The average Bonchev–Trinajstić information content (AvgIpc) is 3.20. The molecule has 0 spiro atoms. The van der Waals surface area contributed by atoms with E-state index in [4.69, 9.17) is 4.42 Å². The summed E-state index contributed by atoms with van der Waals surface area (Å²) in [7, 11) is 0. The van der Waals surface area contributed by atoms with E-state index in [2.05, 4.69) is 39.4 Å². The van der Waals surface area contributed by atoms with E-state index in [1.54, 1.807) is 0 Å². The molecular weight excluding hydrogens is 350 g/mol. The molecule has 0 bridgehead atoms. The third-order valence-electron chi connectivity index (χ3n) is 6.40. The first-order valence-electron chi connectivity index (χ1n) is 10.9. The molecule has 2 fully saturated rings. The average molecular weight is 382 g/mol. The molecule has 0 unspecified atom stereocenters. The van der Waals surface area contributed by atoms with Gasteiger partial charge in [0, 0.05) is 32.4 Å². The number of hydrogen-bond acceptors (Lipinski definition) is 4. The van der Waals surface area contributed by atoms with Gasteiger partial charge >= 0.3 is 0 Å². The molecular formula is C23H31N3O2. The van der Waals surface area contributed by atoms with Gasteiger partial charge in [-0.05, 0) is 43.1 Å². The number of carbonyl (C=O) groups is 1. The maximum Gasteiger partial charge on any atom is 0.223 e. The molecule has 1 aliphatic carbocycles. The first-order valence-corrected chi connectivity index (χ1v) is 10.9. The lowest BCUT2D eigenvalue weighted by atomic mass is 9.75.